The Balaban J connectivity index is 2.05. The molecule has 138 valence electrons. The fourth-order valence-corrected chi connectivity index (χ4v) is 3.78. The normalized spacial score (nSPS) is 14.8. The van der Waals surface area contributed by atoms with E-state index in [2.05, 4.69) is 6.07 Å². The van der Waals surface area contributed by atoms with Crippen molar-refractivity contribution in [3.63, 3.8) is 0 Å². The van der Waals surface area contributed by atoms with E-state index in [1.54, 1.807) is 49.5 Å². The summed E-state index contributed by atoms with van der Waals surface area (Å²) in [5.41, 5.74) is 2.47. The summed E-state index contributed by atoms with van der Waals surface area (Å²) in [6.45, 7) is 3.18. The number of aryl methyl sites for hydroxylation is 1. The molecule has 5 nitrogen and oxygen atoms in total. The Morgan fingerprint density at radius 3 is 2.46 bits per heavy atom. The van der Waals surface area contributed by atoms with Crippen LogP contribution in [0.1, 0.15) is 39.2 Å². The number of rotatable bonds is 1. The van der Waals surface area contributed by atoms with E-state index in [0.29, 0.717) is 27.9 Å². The second-order valence-corrected chi connectivity index (χ2v) is 6.67. The molecule has 0 saturated carbocycles. The molecule has 1 amide bonds. The minimum Gasteiger partial charge on any atom is -0.287 e. The maximum absolute atomic E-state index is 14.9. The average molecular weight is 373 g/mol. The van der Waals surface area contributed by atoms with E-state index in [1.807, 2.05) is 0 Å². The number of carbonyl (C=O) groups is 2. The maximum Gasteiger partial charge on any atom is 0.259 e. The lowest BCUT2D eigenvalue weighted by molar-refractivity contribution is 0.0938. The van der Waals surface area contributed by atoms with Crippen LogP contribution in [0.3, 0.4) is 0 Å². The van der Waals surface area contributed by atoms with Gasteiger partial charge in [-0.15, -0.1) is 0 Å². The summed E-state index contributed by atoms with van der Waals surface area (Å²) in [5.74, 6) is -1.35. The summed E-state index contributed by atoms with van der Waals surface area (Å²) in [6, 6.07) is 14.0. The van der Waals surface area contributed by atoms with Crippen LogP contribution in [-0.2, 0) is 0 Å². The standard InChI is InChI=1S/C22H16FN3O2/c1-13-12-25(14(2)27)21-16-9-6-10-17(23)20(16)26(18(11-24)19(13)21)22(28)15-7-4-3-5-8-15/h3-10,12,18H,1-2H3. The molecular formula is C22H16FN3O2. The third-order valence-electron chi connectivity index (χ3n) is 4.96. The van der Waals surface area contributed by atoms with Crippen molar-refractivity contribution in [2.24, 2.45) is 0 Å². The lowest BCUT2D eigenvalue weighted by Gasteiger charge is -2.34. The second kappa shape index (κ2) is 6.46. The zero-order valence-electron chi connectivity index (χ0n) is 15.3. The van der Waals surface area contributed by atoms with Gasteiger partial charge in [-0.3, -0.25) is 19.1 Å². The Kier molecular flexibility index (Phi) is 4.08. The second-order valence-electron chi connectivity index (χ2n) is 6.67. The molecule has 1 unspecified atom stereocenters. The first-order valence-corrected chi connectivity index (χ1v) is 8.75. The summed E-state index contributed by atoms with van der Waals surface area (Å²) in [5, 5.41) is 9.93. The number of benzene rings is 2. The van der Waals surface area contributed by atoms with Crippen molar-refractivity contribution in [3.8, 4) is 17.3 Å². The molecule has 0 aliphatic carbocycles. The largest absolute Gasteiger partial charge is 0.287 e. The molecule has 3 aromatic rings. The highest BCUT2D eigenvalue weighted by atomic mass is 19.1. The Hall–Kier alpha value is -3.72. The summed E-state index contributed by atoms with van der Waals surface area (Å²) >= 11 is 0. The van der Waals surface area contributed by atoms with Crippen molar-refractivity contribution in [2.75, 3.05) is 4.90 Å². The number of amides is 1. The molecule has 1 aromatic heterocycles. The van der Waals surface area contributed by atoms with Crippen molar-refractivity contribution in [3.05, 3.63) is 77.2 Å². The van der Waals surface area contributed by atoms with Crippen LogP contribution >= 0.6 is 0 Å². The number of aromatic nitrogens is 1. The van der Waals surface area contributed by atoms with Crippen LogP contribution in [0.5, 0.6) is 0 Å². The molecule has 0 fully saturated rings. The Labute approximate surface area is 161 Å². The number of carbonyl (C=O) groups excluding carboxylic acids is 2. The van der Waals surface area contributed by atoms with E-state index in [9.17, 15) is 19.2 Å². The first-order chi connectivity index (χ1) is 13.5. The van der Waals surface area contributed by atoms with Gasteiger partial charge in [-0.1, -0.05) is 30.3 Å². The smallest absolute Gasteiger partial charge is 0.259 e. The van der Waals surface area contributed by atoms with Gasteiger partial charge in [-0.2, -0.15) is 5.26 Å². The molecule has 2 heterocycles. The lowest BCUT2D eigenvalue weighted by atomic mass is 9.91. The maximum atomic E-state index is 14.9. The quantitative estimate of drug-likeness (QED) is 0.631. The Morgan fingerprint density at radius 1 is 1.11 bits per heavy atom. The van der Waals surface area contributed by atoms with E-state index < -0.39 is 17.8 Å². The highest BCUT2D eigenvalue weighted by Gasteiger charge is 2.40. The third-order valence-corrected chi connectivity index (χ3v) is 4.96. The van der Waals surface area contributed by atoms with E-state index in [-0.39, 0.29) is 11.6 Å². The fraction of sp³-hybridized carbons (Fsp3) is 0.136. The summed E-state index contributed by atoms with van der Waals surface area (Å²) in [6.07, 6.45) is 1.63. The van der Waals surface area contributed by atoms with Crippen molar-refractivity contribution in [1.29, 1.82) is 5.26 Å². The van der Waals surface area contributed by atoms with Gasteiger partial charge in [0.1, 0.15) is 5.82 Å². The molecule has 2 aromatic carbocycles. The topological polar surface area (TPSA) is 66.1 Å². The van der Waals surface area contributed by atoms with Crippen molar-refractivity contribution in [2.45, 2.75) is 19.9 Å². The molecule has 0 bridgehead atoms. The van der Waals surface area contributed by atoms with Crippen LogP contribution in [0.15, 0.2) is 54.7 Å². The minimum absolute atomic E-state index is 0.0102. The molecular weight excluding hydrogens is 357 g/mol. The van der Waals surface area contributed by atoms with Crippen molar-refractivity contribution in [1.82, 2.24) is 4.57 Å². The first kappa shape index (κ1) is 17.7. The highest BCUT2D eigenvalue weighted by molar-refractivity contribution is 6.11. The van der Waals surface area contributed by atoms with Gasteiger partial charge in [-0.25, -0.2) is 4.39 Å². The zero-order valence-corrected chi connectivity index (χ0v) is 15.3. The number of anilines is 1. The van der Waals surface area contributed by atoms with E-state index in [1.165, 1.54) is 28.5 Å². The van der Waals surface area contributed by atoms with Crippen LogP contribution in [-0.4, -0.2) is 16.4 Å². The first-order valence-electron chi connectivity index (χ1n) is 8.75. The fourth-order valence-electron chi connectivity index (χ4n) is 3.78. The van der Waals surface area contributed by atoms with E-state index >= 15 is 0 Å². The van der Waals surface area contributed by atoms with Gasteiger partial charge in [0, 0.05) is 29.8 Å². The molecule has 6 heteroatoms. The lowest BCUT2D eigenvalue weighted by Crippen LogP contribution is -2.38. The number of para-hydroxylation sites is 1. The van der Waals surface area contributed by atoms with Crippen molar-refractivity contribution >= 4 is 17.5 Å². The molecule has 0 N–H and O–H groups in total. The number of hydrogen-bond donors (Lipinski definition) is 0. The highest BCUT2D eigenvalue weighted by Crippen LogP contribution is 2.48. The van der Waals surface area contributed by atoms with Gasteiger partial charge in [0.2, 0.25) is 5.91 Å². The van der Waals surface area contributed by atoms with E-state index in [4.69, 9.17) is 0 Å². The molecule has 1 aliphatic heterocycles. The van der Waals surface area contributed by atoms with Crippen LogP contribution in [0.2, 0.25) is 0 Å². The van der Waals surface area contributed by atoms with Crippen molar-refractivity contribution < 1.29 is 14.0 Å². The van der Waals surface area contributed by atoms with Gasteiger partial charge in [0.15, 0.2) is 6.04 Å². The summed E-state index contributed by atoms with van der Waals surface area (Å²) in [4.78, 5) is 26.6. The summed E-state index contributed by atoms with van der Waals surface area (Å²) in [7, 11) is 0. The molecule has 1 aliphatic rings. The third kappa shape index (κ3) is 2.44. The van der Waals surface area contributed by atoms with E-state index in [0.717, 1.165) is 0 Å². The number of halogens is 1. The minimum atomic E-state index is -1.05. The van der Waals surface area contributed by atoms with Gasteiger partial charge in [0.25, 0.3) is 5.91 Å². The molecule has 28 heavy (non-hydrogen) atoms. The van der Waals surface area contributed by atoms with Crippen LogP contribution < -0.4 is 4.90 Å². The van der Waals surface area contributed by atoms with Gasteiger partial charge >= 0.3 is 0 Å². The predicted octanol–water partition coefficient (Wildman–Crippen LogP) is 4.49. The monoisotopic (exact) mass is 373 g/mol. The Bertz CT molecular complexity index is 1160. The molecule has 0 saturated heterocycles. The van der Waals surface area contributed by atoms with Gasteiger partial charge in [0.05, 0.1) is 17.5 Å². The average Bonchev–Trinajstić information content (AvgIpc) is 3.05. The Morgan fingerprint density at radius 2 is 1.82 bits per heavy atom. The molecule has 0 radical (unpaired) electrons. The van der Waals surface area contributed by atoms with Crippen LogP contribution in [0.25, 0.3) is 11.3 Å². The zero-order chi connectivity index (χ0) is 20.0. The summed E-state index contributed by atoms with van der Waals surface area (Å²) < 4.78 is 16.4. The van der Waals surface area contributed by atoms with Crippen LogP contribution in [0, 0.1) is 24.1 Å². The number of fused-ring (bicyclic) bond motifs is 3. The van der Waals surface area contributed by atoms with Gasteiger partial charge < -0.3 is 0 Å². The van der Waals surface area contributed by atoms with Gasteiger partial charge in [-0.05, 0) is 30.7 Å². The number of nitrogens with zero attached hydrogens (tertiary/aromatic N) is 3. The molecule has 1 atom stereocenters. The predicted molar refractivity (Wildman–Crippen MR) is 102 cm³/mol. The molecule has 4 rings (SSSR count). The SMILES string of the molecule is CC(=O)n1cc(C)c2c1-c1cccc(F)c1N(C(=O)c1ccccc1)C2C#N. The molecule has 0 spiro atoms. The number of hydrogen-bond acceptors (Lipinski definition) is 3. The number of nitriles is 1. The van der Waals surface area contributed by atoms with Crippen LogP contribution in [0.4, 0.5) is 10.1 Å².